The lowest BCUT2D eigenvalue weighted by atomic mass is 10.1. The number of nitrogens with one attached hydrogen (secondary N) is 1. The van der Waals surface area contributed by atoms with E-state index in [-0.39, 0.29) is 12.2 Å². The number of hydrogen-bond donors (Lipinski definition) is 1. The summed E-state index contributed by atoms with van der Waals surface area (Å²) < 4.78 is 10.9. The summed E-state index contributed by atoms with van der Waals surface area (Å²) in [6.07, 6.45) is 1.32. The molecule has 0 bridgehead atoms. The summed E-state index contributed by atoms with van der Waals surface area (Å²) in [5.74, 6) is 1.04. The number of methoxy groups -OCH3 is 1. The van der Waals surface area contributed by atoms with Crippen LogP contribution in [0.3, 0.4) is 0 Å². The van der Waals surface area contributed by atoms with E-state index in [1.54, 1.807) is 12.1 Å². The Bertz CT molecular complexity index is 1310. The first-order valence-electron chi connectivity index (χ1n) is 9.61. The molecule has 2 aromatic heterocycles. The van der Waals surface area contributed by atoms with Gasteiger partial charge in [0.05, 0.1) is 29.9 Å². The monoisotopic (exact) mass is 447 g/mol. The van der Waals surface area contributed by atoms with Crippen molar-refractivity contribution in [3.05, 3.63) is 76.5 Å². The Labute approximate surface area is 186 Å². The van der Waals surface area contributed by atoms with Crippen molar-refractivity contribution >= 4 is 17.8 Å². The zero-order valence-corrected chi connectivity index (χ0v) is 17.3. The number of nitrogens with zero attached hydrogens (tertiary/aromatic N) is 6. The molecule has 4 aromatic rings. The maximum atomic E-state index is 12.1. The van der Waals surface area contributed by atoms with Crippen LogP contribution in [0.1, 0.15) is 5.76 Å². The molecule has 1 amide bonds. The van der Waals surface area contributed by atoms with Gasteiger partial charge in [0, 0.05) is 11.6 Å². The van der Waals surface area contributed by atoms with E-state index in [1.807, 2.05) is 30.3 Å². The first-order valence-corrected chi connectivity index (χ1v) is 9.61. The summed E-state index contributed by atoms with van der Waals surface area (Å²) in [6.45, 7) is -0.166. The van der Waals surface area contributed by atoms with Crippen LogP contribution in [0.5, 0.6) is 5.75 Å². The van der Waals surface area contributed by atoms with Gasteiger partial charge in [-0.25, -0.2) is 5.43 Å². The van der Waals surface area contributed by atoms with Gasteiger partial charge in [0.2, 0.25) is 5.82 Å². The van der Waals surface area contributed by atoms with Crippen molar-refractivity contribution in [1.29, 1.82) is 0 Å². The van der Waals surface area contributed by atoms with Crippen molar-refractivity contribution in [3.63, 3.8) is 0 Å². The Balaban J connectivity index is 1.37. The van der Waals surface area contributed by atoms with E-state index in [2.05, 4.69) is 25.9 Å². The second kappa shape index (κ2) is 9.51. The Kier molecular flexibility index (Phi) is 6.16. The molecule has 12 nitrogen and oxygen atoms in total. The van der Waals surface area contributed by atoms with Gasteiger partial charge >= 0.3 is 0 Å². The summed E-state index contributed by atoms with van der Waals surface area (Å²) in [6, 6.07) is 16.8. The number of ether oxygens (including phenoxy) is 1. The highest BCUT2D eigenvalue weighted by molar-refractivity contribution is 5.81. The lowest BCUT2D eigenvalue weighted by Gasteiger charge is -2.05. The van der Waals surface area contributed by atoms with Gasteiger partial charge in [-0.3, -0.25) is 14.9 Å². The van der Waals surface area contributed by atoms with Crippen LogP contribution >= 0.6 is 0 Å². The third-order valence-corrected chi connectivity index (χ3v) is 4.44. The first-order chi connectivity index (χ1) is 16.0. The number of benzene rings is 2. The van der Waals surface area contributed by atoms with Gasteiger partial charge in [-0.15, -0.1) is 10.2 Å². The molecule has 0 unspecified atom stereocenters. The molecular weight excluding hydrogens is 430 g/mol. The number of amides is 1. The Morgan fingerprint density at radius 2 is 2.06 bits per heavy atom. The molecule has 0 radical (unpaired) electrons. The molecule has 166 valence electrons. The number of non-ortho nitro benzene ring substituents is 1. The Hall–Kier alpha value is -4.87. The standard InChI is InChI=1S/C21H17N7O5/c1-32-19-11-15(28(30)31)7-9-17(19)18-10-8-16(33-18)12-22-23-20(29)13-27-25-21(24-26-27)14-5-3-2-4-6-14/h2-12H,13H2,1H3,(H,23,29)/b22-12-. The summed E-state index contributed by atoms with van der Waals surface area (Å²) in [5.41, 5.74) is 3.60. The number of rotatable bonds is 8. The fourth-order valence-electron chi connectivity index (χ4n) is 2.91. The smallest absolute Gasteiger partial charge is 0.273 e. The zero-order chi connectivity index (χ0) is 23.2. The third-order valence-electron chi connectivity index (χ3n) is 4.44. The van der Waals surface area contributed by atoms with Crippen molar-refractivity contribution in [2.24, 2.45) is 5.10 Å². The minimum Gasteiger partial charge on any atom is -0.496 e. The molecule has 2 heterocycles. The van der Waals surface area contributed by atoms with Crippen molar-refractivity contribution in [3.8, 4) is 28.5 Å². The van der Waals surface area contributed by atoms with Crippen LogP contribution in [0.15, 0.2) is 70.2 Å². The second-order valence-electron chi connectivity index (χ2n) is 6.65. The van der Waals surface area contributed by atoms with E-state index in [9.17, 15) is 14.9 Å². The number of carbonyl (C=O) groups excluding carboxylic acids is 1. The Morgan fingerprint density at radius 1 is 1.24 bits per heavy atom. The van der Waals surface area contributed by atoms with Crippen LogP contribution in [0.2, 0.25) is 0 Å². The minimum atomic E-state index is -0.507. The van der Waals surface area contributed by atoms with Crippen LogP contribution in [-0.2, 0) is 11.3 Å². The molecule has 4 rings (SSSR count). The molecule has 2 aromatic carbocycles. The largest absolute Gasteiger partial charge is 0.496 e. The molecular formula is C21H17N7O5. The van der Waals surface area contributed by atoms with E-state index in [0.29, 0.717) is 28.7 Å². The molecule has 12 heteroatoms. The van der Waals surface area contributed by atoms with Crippen LogP contribution in [0.25, 0.3) is 22.7 Å². The summed E-state index contributed by atoms with van der Waals surface area (Å²) in [7, 11) is 1.41. The highest BCUT2D eigenvalue weighted by atomic mass is 16.6. The van der Waals surface area contributed by atoms with Crippen LogP contribution in [0.4, 0.5) is 5.69 Å². The van der Waals surface area contributed by atoms with Gasteiger partial charge in [0.25, 0.3) is 11.6 Å². The van der Waals surface area contributed by atoms with Crippen LogP contribution in [0, 0.1) is 10.1 Å². The summed E-state index contributed by atoms with van der Waals surface area (Å²) in [4.78, 5) is 23.7. The number of nitro groups is 1. The van der Waals surface area contributed by atoms with Gasteiger partial charge in [-0.2, -0.15) is 9.90 Å². The van der Waals surface area contributed by atoms with E-state index in [4.69, 9.17) is 9.15 Å². The molecule has 0 saturated carbocycles. The van der Waals surface area contributed by atoms with Crippen molar-refractivity contribution in [2.75, 3.05) is 7.11 Å². The molecule has 1 N–H and O–H groups in total. The maximum absolute atomic E-state index is 12.1. The highest BCUT2D eigenvalue weighted by Crippen LogP contribution is 2.34. The minimum absolute atomic E-state index is 0.0931. The Morgan fingerprint density at radius 3 is 2.82 bits per heavy atom. The topological polar surface area (TPSA) is 151 Å². The molecule has 0 saturated heterocycles. The number of tetrazole rings is 1. The van der Waals surface area contributed by atoms with E-state index >= 15 is 0 Å². The fourth-order valence-corrected chi connectivity index (χ4v) is 2.91. The lowest BCUT2D eigenvalue weighted by Crippen LogP contribution is -2.24. The molecule has 0 atom stereocenters. The molecule has 0 spiro atoms. The lowest BCUT2D eigenvalue weighted by molar-refractivity contribution is -0.384. The summed E-state index contributed by atoms with van der Waals surface area (Å²) >= 11 is 0. The van der Waals surface area contributed by atoms with Crippen LogP contribution in [-0.4, -0.2) is 44.4 Å². The average Bonchev–Trinajstić information content (AvgIpc) is 3.49. The predicted octanol–water partition coefficient (Wildman–Crippen LogP) is 2.67. The number of aromatic nitrogens is 4. The maximum Gasteiger partial charge on any atom is 0.273 e. The molecule has 0 aliphatic rings. The number of hydrazone groups is 1. The molecule has 0 aliphatic carbocycles. The number of hydrogen-bond acceptors (Lipinski definition) is 9. The quantitative estimate of drug-likeness (QED) is 0.246. The van der Waals surface area contributed by atoms with E-state index in [0.717, 1.165) is 5.56 Å². The normalized spacial score (nSPS) is 10.9. The number of furan rings is 1. The molecule has 33 heavy (non-hydrogen) atoms. The van der Waals surface area contributed by atoms with Crippen molar-refractivity contribution in [1.82, 2.24) is 25.6 Å². The van der Waals surface area contributed by atoms with Crippen molar-refractivity contribution < 1.29 is 18.9 Å². The molecule has 0 aliphatic heterocycles. The molecule has 0 fully saturated rings. The number of nitro benzene ring substituents is 1. The summed E-state index contributed by atoms with van der Waals surface area (Å²) in [5, 5.41) is 26.8. The fraction of sp³-hybridized carbons (Fsp3) is 0.0952. The van der Waals surface area contributed by atoms with Gasteiger partial charge in [0.15, 0.2) is 0 Å². The van der Waals surface area contributed by atoms with Crippen LogP contribution < -0.4 is 10.2 Å². The van der Waals surface area contributed by atoms with Gasteiger partial charge in [-0.05, 0) is 23.4 Å². The van der Waals surface area contributed by atoms with Gasteiger partial charge in [-0.1, -0.05) is 30.3 Å². The third kappa shape index (κ3) is 5.07. The SMILES string of the molecule is COc1cc([N+](=O)[O-])ccc1-c1ccc(/C=N\NC(=O)Cn2nnc(-c3ccccc3)n2)o1. The highest BCUT2D eigenvalue weighted by Gasteiger charge is 2.15. The van der Waals surface area contributed by atoms with Gasteiger partial charge in [0.1, 0.15) is 23.8 Å². The second-order valence-corrected chi connectivity index (χ2v) is 6.65. The van der Waals surface area contributed by atoms with E-state index in [1.165, 1.54) is 36.3 Å². The average molecular weight is 447 g/mol. The van der Waals surface area contributed by atoms with E-state index < -0.39 is 10.8 Å². The van der Waals surface area contributed by atoms with Gasteiger partial charge < -0.3 is 9.15 Å². The van der Waals surface area contributed by atoms with Crippen molar-refractivity contribution in [2.45, 2.75) is 6.54 Å². The first kappa shape index (κ1) is 21.4. The predicted molar refractivity (Wildman–Crippen MR) is 116 cm³/mol. The number of carbonyl (C=O) groups is 1. The zero-order valence-electron chi connectivity index (χ0n) is 17.3.